The quantitative estimate of drug-likeness (QED) is 0.862. The zero-order valence-corrected chi connectivity index (χ0v) is 9.80. The molecule has 1 rings (SSSR count). The van der Waals surface area contributed by atoms with Crippen LogP contribution in [0.2, 0.25) is 0 Å². The van der Waals surface area contributed by atoms with Gasteiger partial charge in [-0.25, -0.2) is 0 Å². The second-order valence-corrected chi connectivity index (χ2v) is 4.09. The fourth-order valence-electron chi connectivity index (χ4n) is 1.76. The van der Waals surface area contributed by atoms with Gasteiger partial charge in [-0.15, -0.1) is 0 Å². The summed E-state index contributed by atoms with van der Waals surface area (Å²) in [5, 5.41) is 0. The van der Waals surface area contributed by atoms with E-state index in [9.17, 15) is 13.2 Å². The van der Waals surface area contributed by atoms with Crippen LogP contribution < -0.4 is 5.73 Å². The van der Waals surface area contributed by atoms with Gasteiger partial charge in [0, 0.05) is 6.54 Å². The minimum atomic E-state index is -4.16. The lowest BCUT2D eigenvalue weighted by Crippen LogP contribution is -2.30. The lowest BCUT2D eigenvalue weighted by Gasteiger charge is -2.20. The van der Waals surface area contributed by atoms with Crippen LogP contribution in [-0.4, -0.2) is 31.2 Å². The van der Waals surface area contributed by atoms with Crippen molar-refractivity contribution >= 4 is 0 Å². The maximum atomic E-state index is 12.2. The Morgan fingerprint density at radius 1 is 1.18 bits per heavy atom. The first kappa shape index (κ1) is 14.0. The average molecular weight is 246 g/mol. The van der Waals surface area contributed by atoms with Crippen LogP contribution in [0.1, 0.15) is 11.1 Å². The number of alkyl halides is 3. The largest absolute Gasteiger partial charge is 0.401 e. The molecule has 1 aromatic rings. The van der Waals surface area contributed by atoms with Crippen LogP contribution >= 0.6 is 0 Å². The predicted octanol–water partition coefficient (Wildman–Crippen LogP) is 2.18. The van der Waals surface area contributed by atoms with Gasteiger partial charge in [-0.1, -0.05) is 24.3 Å². The molecule has 0 bridgehead atoms. The average Bonchev–Trinajstić information content (AvgIpc) is 2.18. The van der Waals surface area contributed by atoms with Gasteiger partial charge in [-0.05, 0) is 31.1 Å². The van der Waals surface area contributed by atoms with Crippen LogP contribution in [0.25, 0.3) is 0 Å². The highest BCUT2D eigenvalue weighted by Gasteiger charge is 2.29. The monoisotopic (exact) mass is 246 g/mol. The Hall–Kier alpha value is -1.07. The van der Waals surface area contributed by atoms with Crippen LogP contribution in [-0.2, 0) is 13.0 Å². The molecule has 0 saturated carbocycles. The van der Waals surface area contributed by atoms with E-state index in [0.717, 1.165) is 11.1 Å². The Kier molecular flexibility index (Phi) is 4.96. The molecule has 17 heavy (non-hydrogen) atoms. The molecule has 2 N–H and O–H groups in total. The van der Waals surface area contributed by atoms with E-state index >= 15 is 0 Å². The van der Waals surface area contributed by atoms with Gasteiger partial charge in [0.05, 0.1) is 6.54 Å². The maximum absolute atomic E-state index is 12.2. The van der Waals surface area contributed by atoms with Crippen LogP contribution in [0.3, 0.4) is 0 Å². The molecule has 0 aliphatic heterocycles. The Bertz CT molecular complexity index is 350. The molecule has 96 valence electrons. The molecular weight excluding hydrogens is 229 g/mol. The highest BCUT2D eigenvalue weighted by molar-refractivity contribution is 5.27. The standard InChI is InChI=1S/C12H17F3N2/c1-17(9-12(13,14)15)8-11-5-3-2-4-10(11)6-7-16/h2-5H,6-9,16H2,1H3. The van der Waals surface area contributed by atoms with Crippen LogP contribution in [0.15, 0.2) is 24.3 Å². The van der Waals surface area contributed by atoms with E-state index in [4.69, 9.17) is 5.73 Å². The van der Waals surface area contributed by atoms with E-state index in [1.165, 1.54) is 11.9 Å². The van der Waals surface area contributed by atoms with Gasteiger partial charge in [0.25, 0.3) is 0 Å². The van der Waals surface area contributed by atoms with Gasteiger partial charge in [0.1, 0.15) is 0 Å². The first-order valence-electron chi connectivity index (χ1n) is 5.44. The Morgan fingerprint density at radius 3 is 2.29 bits per heavy atom. The lowest BCUT2D eigenvalue weighted by molar-refractivity contribution is -0.144. The van der Waals surface area contributed by atoms with Crippen molar-refractivity contribution in [1.82, 2.24) is 4.90 Å². The number of hydrogen-bond donors (Lipinski definition) is 1. The SMILES string of the molecule is CN(Cc1ccccc1CCN)CC(F)(F)F. The highest BCUT2D eigenvalue weighted by Crippen LogP contribution is 2.18. The van der Waals surface area contributed by atoms with Gasteiger partial charge >= 0.3 is 6.18 Å². The van der Waals surface area contributed by atoms with E-state index in [0.29, 0.717) is 13.0 Å². The number of nitrogens with two attached hydrogens (primary N) is 1. The zero-order valence-electron chi connectivity index (χ0n) is 9.80. The summed E-state index contributed by atoms with van der Waals surface area (Å²) >= 11 is 0. The fourth-order valence-corrected chi connectivity index (χ4v) is 1.76. The second-order valence-electron chi connectivity index (χ2n) is 4.09. The maximum Gasteiger partial charge on any atom is 0.401 e. The van der Waals surface area contributed by atoms with E-state index in [1.54, 1.807) is 0 Å². The highest BCUT2D eigenvalue weighted by atomic mass is 19.4. The summed E-state index contributed by atoms with van der Waals surface area (Å²) in [5.74, 6) is 0. The van der Waals surface area contributed by atoms with E-state index in [-0.39, 0.29) is 6.54 Å². The lowest BCUT2D eigenvalue weighted by atomic mass is 10.0. The normalized spacial score (nSPS) is 12.1. The summed E-state index contributed by atoms with van der Waals surface area (Å²) in [6.07, 6.45) is -3.46. The molecule has 0 aliphatic carbocycles. The third kappa shape index (κ3) is 5.19. The number of rotatable bonds is 5. The third-order valence-corrected chi connectivity index (χ3v) is 2.42. The summed E-state index contributed by atoms with van der Waals surface area (Å²) in [6, 6.07) is 7.45. The number of halogens is 3. The fraction of sp³-hybridized carbons (Fsp3) is 0.500. The summed E-state index contributed by atoms with van der Waals surface area (Å²) in [4.78, 5) is 1.26. The van der Waals surface area contributed by atoms with Crippen molar-refractivity contribution in [3.8, 4) is 0 Å². The molecule has 2 nitrogen and oxygen atoms in total. The molecule has 0 saturated heterocycles. The Morgan fingerprint density at radius 2 is 1.76 bits per heavy atom. The van der Waals surface area contributed by atoms with Crippen LogP contribution in [0.4, 0.5) is 13.2 Å². The molecule has 0 aromatic heterocycles. The van der Waals surface area contributed by atoms with Gasteiger partial charge in [-0.2, -0.15) is 13.2 Å². The molecule has 0 atom stereocenters. The van der Waals surface area contributed by atoms with E-state index in [2.05, 4.69) is 0 Å². The molecule has 1 aromatic carbocycles. The number of benzene rings is 1. The second kappa shape index (κ2) is 6.02. The predicted molar refractivity (Wildman–Crippen MR) is 61.6 cm³/mol. The molecule has 0 fully saturated rings. The van der Waals surface area contributed by atoms with Crippen LogP contribution in [0, 0.1) is 0 Å². The summed E-state index contributed by atoms with van der Waals surface area (Å²) in [7, 11) is 1.46. The van der Waals surface area contributed by atoms with Crippen molar-refractivity contribution in [3.63, 3.8) is 0 Å². The van der Waals surface area contributed by atoms with Crippen molar-refractivity contribution in [2.24, 2.45) is 5.73 Å². The van der Waals surface area contributed by atoms with Gasteiger partial charge < -0.3 is 5.73 Å². The first-order valence-corrected chi connectivity index (χ1v) is 5.44. The molecule has 0 radical (unpaired) electrons. The van der Waals surface area contributed by atoms with E-state index < -0.39 is 12.7 Å². The Labute approximate surface area is 99.2 Å². The third-order valence-electron chi connectivity index (χ3n) is 2.42. The molecule has 0 spiro atoms. The summed E-state index contributed by atoms with van der Waals surface area (Å²) in [6.45, 7) is -0.111. The number of nitrogens with zero attached hydrogens (tertiary/aromatic N) is 1. The first-order chi connectivity index (χ1) is 7.92. The minimum absolute atomic E-state index is 0.287. The van der Waals surface area contributed by atoms with Gasteiger partial charge in [0.15, 0.2) is 0 Å². The molecule has 5 heteroatoms. The molecule has 0 aliphatic rings. The van der Waals surface area contributed by atoms with Crippen molar-refractivity contribution in [1.29, 1.82) is 0 Å². The molecule has 0 amide bonds. The van der Waals surface area contributed by atoms with Crippen molar-refractivity contribution in [3.05, 3.63) is 35.4 Å². The Balaban J connectivity index is 2.67. The van der Waals surface area contributed by atoms with Crippen molar-refractivity contribution in [2.75, 3.05) is 20.1 Å². The van der Waals surface area contributed by atoms with Gasteiger partial charge in [0.2, 0.25) is 0 Å². The van der Waals surface area contributed by atoms with Crippen LogP contribution in [0.5, 0.6) is 0 Å². The minimum Gasteiger partial charge on any atom is -0.330 e. The molecule has 0 unspecified atom stereocenters. The van der Waals surface area contributed by atoms with Crippen molar-refractivity contribution < 1.29 is 13.2 Å². The summed E-state index contributed by atoms with van der Waals surface area (Å²) in [5.41, 5.74) is 7.39. The van der Waals surface area contributed by atoms with Gasteiger partial charge in [-0.3, -0.25) is 4.90 Å². The molecule has 0 heterocycles. The molecular formula is C12H17F3N2. The van der Waals surface area contributed by atoms with E-state index in [1.807, 2.05) is 24.3 Å². The zero-order chi connectivity index (χ0) is 12.9. The summed E-state index contributed by atoms with van der Waals surface area (Å²) < 4.78 is 36.6. The number of hydrogen-bond acceptors (Lipinski definition) is 2. The smallest absolute Gasteiger partial charge is 0.330 e. The topological polar surface area (TPSA) is 29.3 Å². The van der Waals surface area contributed by atoms with Crippen molar-refractivity contribution in [2.45, 2.75) is 19.1 Å².